The van der Waals surface area contributed by atoms with E-state index in [1.807, 2.05) is 0 Å². The molecule has 0 amide bonds. The van der Waals surface area contributed by atoms with Gasteiger partial charge in [-0.1, -0.05) is 0 Å². The summed E-state index contributed by atoms with van der Waals surface area (Å²) >= 11 is 0. The van der Waals surface area contributed by atoms with Gasteiger partial charge in [-0.3, -0.25) is 4.79 Å². The second-order valence-corrected chi connectivity index (χ2v) is 6.00. The van der Waals surface area contributed by atoms with Crippen molar-refractivity contribution in [1.29, 1.82) is 0 Å². The van der Waals surface area contributed by atoms with Gasteiger partial charge in [0, 0.05) is 25.7 Å². The lowest BCUT2D eigenvalue weighted by Gasteiger charge is -2.37. The van der Waals surface area contributed by atoms with Crippen LogP contribution in [0.2, 0.25) is 0 Å². The molecule has 2 unspecified atom stereocenters. The fourth-order valence-electron chi connectivity index (χ4n) is 2.49. The van der Waals surface area contributed by atoms with Crippen LogP contribution in [0.5, 0.6) is 0 Å². The van der Waals surface area contributed by atoms with Gasteiger partial charge in [0.05, 0.1) is 7.11 Å². The Hall–Kier alpha value is -0.650. The molecule has 112 valence electrons. The van der Waals surface area contributed by atoms with Crippen LogP contribution in [0.25, 0.3) is 0 Å². The number of piperazine rings is 1. The summed E-state index contributed by atoms with van der Waals surface area (Å²) in [5.41, 5.74) is 5.09. The van der Waals surface area contributed by atoms with Gasteiger partial charge in [-0.2, -0.15) is 0 Å². The Labute approximate surface area is 117 Å². The number of methoxy groups -OCH3 is 1. The van der Waals surface area contributed by atoms with E-state index in [-0.39, 0.29) is 5.97 Å². The Morgan fingerprint density at radius 3 is 2.68 bits per heavy atom. The van der Waals surface area contributed by atoms with Crippen LogP contribution in [0.15, 0.2) is 0 Å². The summed E-state index contributed by atoms with van der Waals surface area (Å²) in [6.07, 6.45) is 2.73. The van der Waals surface area contributed by atoms with Gasteiger partial charge in [-0.15, -0.1) is 0 Å². The standard InChI is InChI=1S/C14H29N3O2/c1-12-11-17(10-9-16(12)3)8-6-5-7-14(2,15)13(18)19-4/h12H,5-11,15H2,1-4H3. The zero-order valence-corrected chi connectivity index (χ0v) is 12.8. The van der Waals surface area contributed by atoms with Crippen molar-refractivity contribution >= 4 is 5.97 Å². The highest BCUT2D eigenvalue weighted by molar-refractivity contribution is 5.79. The first-order chi connectivity index (χ1) is 8.86. The summed E-state index contributed by atoms with van der Waals surface area (Å²) in [7, 11) is 3.57. The predicted octanol–water partition coefficient (Wildman–Crippen LogP) is 0.683. The van der Waals surface area contributed by atoms with Crippen LogP contribution in [0.3, 0.4) is 0 Å². The second-order valence-electron chi connectivity index (χ2n) is 6.00. The van der Waals surface area contributed by atoms with Crippen molar-refractivity contribution in [3.05, 3.63) is 0 Å². The molecule has 0 aliphatic carbocycles. The Kier molecular flexibility index (Phi) is 6.23. The lowest BCUT2D eigenvalue weighted by molar-refractivity contribution is -0.146. The molecule has 2 atom stereocenters. The predicted molar refractivity (Wildman–Crippen MR) is 77.0 cm³/mol. The fourth-order valence-corrected chi connectivity index (χ4v) is 2.49. The van der Waals surface area contributed by atoms with Gasteiger partial charge in [0.2, 0.25) is 0 Å². The Balaban J connectivity index is 2.19. The number of rotatable bonds is 6. The van der Waals surface area contributed by atoms with E-state index in [9.17, 15) is 4.79 Å². The van der Waals surface area contributed by atoms with Crippen LogP contribution in [-0.2, 0) is 9.53 Å². The van der Waals surface area contributed by atoms with E-state index in [2.05, 4.69) is 23.8 Å². The molecule has 19 heavy (non-hydrogen) atoms. The Morgan fingerprint density at radius 1 is 1.42 bits per heavy atom. The fraction of sp³-hybridized carbons (Fsp3) is 0.929. The van der Waals surface area contributed by atoms with Crippen molar-refractivity contribution in [3.63, 3.8) is 0 Å². The quantitative estimate of drug-likeness (QED) is 0.569. The number of unbranched alkanes of at least 4 members (excludes halogenated alkanes) is 1. The Morgan fingerprint density at radius 2 is 2.11 bits per heavy atom. The van der Waals surface area contributed by atoms with Gasteiger partial charge >= 0.3 is 5.97 Å². The minimum Gasteiger partial charge on any atom is -0.468 e. The third-order valence-electron chi connectivity index (χ3n) is 4.12. The average Bonchev–Trinajstić information content (AvgIpc) is 2.37. The van der Waals surface area contributed by atoms with Crippen molar-refractivity contribution in [2.45, 2.75) is 44.7 Å². The summed E-state index contributed by atoms with van der Waals surface area (Å²) < 4.78 is 4.71. The highest BCUT2D eigenvalue weighted by atomic mass is 16.5. The maximum Gasteiger partial charge on any atom is 0.325 e. The van der Waals surface area contributed by atoms with Crippen molar-refractivity contribution in [2.24, 2.45) is 5.73 Å². The van der Waals surface area contributed by atoms with Crippen LogP contribution in [-0.4, -0.2) is 67.7 Å². The second kappa shape index (κ2) is 7.22. The van der Waals surface area contributed by atoms with Gasteiger partial charge in [-0.05, 0) is 46.7 Å². The normalized spacial score (nSPS) is 25.0. The van der Waals surface area contributed by atoms with Crippen molar-refractivity contribution in [3.8, 4) is 0 Å². The molecule has 0 saturated carbocycles. The largest absolute Gasteiger partial charge is 0.468 e. The molecule has 5 nitrogen and oxygen atoms in total. The number of ether oxygens (including phenoxy) is 1. The zero-order valence-electron chi connectivity index (χ0n) is 12.8. The number of carbonyl (C=O) groups is 1. The number of hydrogen-bond acceptors (Lipinski definition) is 5. The van der Waals surface area contributed by atoms with E-state index < -0.39 is 5.54 Å². The molecule has 1 aliphatic rings. The van der Waals surface area contributed by atoms with E-state index in [1.54, 1.807) is 6.92 Å². The molecule has 1 aliphatic heterocycles. The maximum atomic E-state index is 11.4. The molecule has 0 bridgehead atoms. The molecule has 0 aromatic heterocycles. The molecule has 0 aromatic carbocycles. The molecule has 0 radical (unpaired) electrons. The van der Waals surface area contributed by atoms with Gasteiger partial charge in [0.1, 0.15) is 5.54 Å². The lowest BCUT2D eigenvalue weighted by Crippen LogP contribution is -2.50. The molecule has 0 spiro atoms. The van der Waals surface area contributed by atoms with Crippen molar-refractivity contribution in [2.75, 3.05) is 40.3 Å². The topological polar surface area (TPSA) is 58.8 Å². The number of hydrogen-bond donors (Lipinski definition) is 1. The van der Waals surface area contributed by atoms with Gasteiger partial charge in [0.15, 0.2) is 0 Å². The lowest BCUT2D eigenvalue weighted by atomic mass is 9.96. The van der Waals surface area contributed by atoms with Crippen molar-refractivity contribution < 1.29 is 9.53 Å². The van der Waals surface area contributed by atoms with Gasteiger partial charge < -0.3 is 20.3 Å². The van der Waals surface area contributed by atoms with Gasteiger partial charge in [0.25, 0.3) is 0 Å². The molecule has 1 saturated heterocycles. The Bertz CT molecular complexity index is 294. The first kappa shape index (κ1) is 16.4. The smallest absolute Gasteiger partial charge is 0.325 e. The van der Waals surface area contributed by atoms with E-state index in [0.29, 0.717) is 12.5 Å². The number of likely N-dealkylation sites (N-methyl/N-ethyl adjacent to an activating group) is 1. The number of carbonyl (C=O) groups excluding carboxylic acids is 1. The van der Waals surface area contributed by atoms with E-state index in [1.165, 1.54) is 7.11 Å². The minimum absolute atomic E-state index is 0.319. The van der Waals surface area contributed by atoms with E-state index in [0.717, 1.165) is 39.0 Å². The summed E-state index contributed by atoms with van der Waals surface area (Å²) in [6, 6.07) is 0.628. The third-order valence-corrected chi connectivity index (χ3v) is 4.12. The number of nitrogens with zero attached hydrogens (tertiary/aromatic N) is 2. The summed E-state index contributed by atoms with van der Waals surface area (Å²) in [5, 5.41) is 0. The summed E-state index contributed by atoms with van der Waals surface area (Å²) in [4.78, 5) is 16.3. The highest BCUT2D eigenvalue weighted by Gasteiger charge is 2.28. The maximum absolute atomic E-state index is 11.4. The molecule has 2 N–H and O–H groups in total. The average molecular weight is 271 g/mol. The molecule has 1 rings (SSSR count). The monoisotopic (exact) mass is 271 g/mol. The molecule has 0 aromatic rings. The zero-order chi connectivity index (χ0) is 14.5. The first-order valence-electron chi connectivity index (χ1n) is 7.16. The minimum atomic E-state index is -0.843. The summed E-state index contributed by atoms with van der Waals surface area (Å²) in [5.74, 6) is -0.319. The van der Waals surface area contributed by atoms with E-state index in [4.69, 9.17) is 10.5 Å². The SMILES string of the molecule is COC(=O)C(C)(N)CCCCN1CCN(C)C(C)C1. The molecule has 1 heterocycles. The first-order valence-corrected chi connectivity index (χ1v) is 7.16. The van der Waals surface area contributed by atoms with Crippen LogP contribution >= 0.6 is 0 Å². The van der Waals surface area contributed by atoms with Crippen molar-refractivity contribution in [1.82, 2.24) is 9.80 Å². The van der Waals surface area contributed by atoms with E-state index >= 15 is 0 Å². The summed E-state index contributed by atoms with van der Waals surface area (Å²) in [6.45, 7) is 8.51. The molecular formula is C14H29N3O2. The number of nitrogens with two attached hydrogens (primary N) is 1. The molecule has 1 fully saturated rings. The highest BCUT2D eigenvalue weighted by Crippen LogP contribution is 2.14. The molecular weight excluding hydrogens is 242 g/mol. The van der Waals surface area contributed by atoms with Crippen LogP contribution < -0.4 is 5.73 Å². The third kappa shape index (κ3) is 5.09. The van der Waals surface area contributed by atoms with Crippen LogP contribution in [0.4, 0.5) is 0 Å². The van der Waals surface area contributed by atoms with Crippen LogP contribution in [0, 0.1) is 0 Å². The van der Waals surface area contributed by atoms with Crippen LogP contribution in [0.1, 0.15) is 33.1 Å². The molecule has 5 heteroatoms. The number of esters is 1. The van der Waals surface area contributed by atoms with Gasteiger partial charge in [-0.25, -0.2) is 0 Å².